The molecular formula is C18H38N2O2. The minimum Gasteiger partial charge on any atom is -0.444 e. The van der Waals surface area contributed by atoms with E-state index in [0.717, 1.165) is 19.4 Å². The molecule has 0 unspecified atom stereocenters. The summed E-state index contributed by atoms with van der Waals surface area (Å²) in [5, 5.41) is 6.57. The van der Waals surface area contributed by atoms with Gasteiger partial charge in [-0.15, -0.1) is 0 Å². The Hall–Kier alpha value is -0.770. The van der Waals surface area contributed by atoms with Crippen LogP contribution in [-0.4, -0.2) is 29.8 Å². The van der Waals surface area contributed by atoms with Gasteiger partial charge in [0.1, 0.15) is 5.60 Å². The van der Waals surface area contributed by atoms with Crippen LogP contribution in [0.4, 0.5) is 4.79 Å². The van der Waals surface area contributed by atoms with Gasteiger partial charge in [0.2, 0.25) is 0 Å². The first-order valence-corrected chi connectivity index (χ1v) is 8.55. The van der Waals surface area contributed by atoms with Crippen LogP contribution in [0.5, 0.6) is 0 Å². The van der Waals surface area contributed by atoms with Crippen LogP contribution < -0.4 is 10.6 Å². The second-order valence-electron chi connectivity index (χ2n) is 8.85. The molecule has 0 aromatic carbocycles. The molecule has 132 valence electrons. The standard InChI is InChI=1S/C18H38N2O2/c1-13(2)10-15(11-14(3)4)19-12-18(8,9)20-16(21)22-17(5,6)7/h13-15,19H,10-12H2,1-9H3,(H,20,21). The highest BCUT2D eigenvalue weighted by molar-refractivity contribution is 5.68. The first kappa shape index (κ1) is 21.2. The fraction of sp³-hybridized carbons (Fsp3) is 0.944. The zero-order valence-electron chi connectivity index (χ0n) is 16.2. The number of ether oxygens (including phenoxy) is 1. The predicted molar refractivity (Wildman–Crippen MR) is 94.1 cm³/mol. The van der Waals surface area contributed by atoms with E-state index in [1.165, 1.54) is 0 Å². The van der Waals surface area contributed by atoms with Gasteiger partial charge in [0.15, 0.2) is 0 Å². The van der Waals surface area contributed by atoms with Crippen LogP contribution in [0.15, 0.2) is 0 Å². The van der Waals surface area contributed by atoms with Gasteiger partial charge in [0, 0.05) is 12.6 Å². The van der Waals surface area contributed by atoms with E-state index >= 15 is 0 Å². The van der Waals surface area contributed by atoms with Crippen molar-refractivity contribution in [3.05, 3.63) is 0 Å². The number of alkyl carbamates (subject to hydrolysis) is 1. The highest BCUT2D eigenvalue weighted by Gasteiger charge is 2.25. The van der Waals surface area contributed by atoms with Gasteiger partial charge in [-0.25, -0.2) is 4.79 Å². The predicted octanol–water partition coefficient (Wildman–Crippen LogP) is 4.34. The van der Waals surface area contributed by atoms with Crippen molar-refractivity contribution in [1.82, 2.24) is 10.6 Å². The summed E-state index contributed by atoms with van der Waals surface area (Å²) >= 11 is 0. The third-order valence-corrected chi connectivity index (χ3v) is 3.18. The topological polar surface area (TPSA) is 50.4 Å². The Bertz CT molecular complexity index is 320. The summed E-state index contributed by atoms with van der Waals surface area (Å²) in [5.41, 5.74) is -0.806. The largest absolute Gasteiger partial charge is 0.444 e. The number of hydrogen-bond donors (Lipinski definition) is 2. The maximum atomic E-state index is 11.9. The lowest BCUT2D eigenvalue weighted by molar-refractivity contribution is 0.0469. The zero-order valence-corrected chi connectivity index (χ0v) is 16.2. The summed E-state index contributed by atoms with van der Waals surface area (Å²) in [6.07, 6.45) is 1.95. The normalized spacial score (nSPS) is 13.1. The highest BCUT2D eigenvalue weighted by Crippen LogP contribution is 2.15. The average molecular weight is 315 g/mol. The van der Waals surface area contributed by atoms with Crippen molar-refractivity contribution in [3.8, 4) is 0 Å². The van der Waals surface area contributed by atoms with Crippen LogP contribution in [0.1, 0.15) is 75.2 Å². The molecule has 0 bridgehead atoms. The number of amides is 1. The van der Waals surface area contributed by atoms with Crippen LogP contribution >= 0.6 is 0 Å². The molecule has 0 aliphatic carbocycles. The lowest BCUT2D eigenvalue weighted by atomic mass is 9.94. The van der Waals surface area contributed by atoms with E-state index in [4.69, 9.17) is 4.74 Å². The molecule has 0 aromatic rings. The van der Waals surface area contributed by atoms with E-state index in [9.17, 15) is 4.79 Å². The molecule has 0 fully saturated rings. The van der Waals surface area contributed by atoms with Crippen molar-refractivity contribution < 1.29 is 9.53 Å². The molecule has 0 heterocycles. The summed E-state index contributed by atoms with van der Waals surface area (Å²) in [5.74, 6) is 1.33. The van der Waals surface area contributed by atoms with Gasteiger partial charge < -0.3 is 15.4 Å². The van der Waals surface area contributed by atoms with Crippen LogP contribution in [-0.2, 0) is 4.74 Å². The smallest absolute Gasteiger partial charge is 0.408 e. The van der Waals surface area contributed by atoms with Crippen molar-refractivity contribution in [2.24, 2.45) is 11.8 Å². The van der Waals surface area contributed by atoms with E-state index in [2.05, 4.69) is 38.3 Å². The van der Waals surface area contributed by atoms with Gasteiger partial charge in [0.05, 0.1) is 5.54 Å². The minimum absolute atomic E-state index is 0.339. The van der Waals surface area contributed by atoms with Crippen molar-refractivity contribution in [1.29, 1.82) is 0 Å². The van der Waals surface area contributed by atoms with E-state index in [0.29, 0.717) is 17.9 Å². The third kappa shape index (κ3) is 11.8. The van der Waals surface area contributed by atoms with Gasteiger partial charge in [-0.3, -0.25) is 0 Å². The van der Waals surface area contributed by atoms with Crippen LogP contribution in [0.2, 0.25) is 0 Å². The molecular weight excluding hydrogens is 276 g/mol. The van der Waals surface area contributed by atoms with Crippen LogP contribution in [0.25, 0.3) is 0 Å². The van der Waals surface area contributed by atoms with E-state index in [1.807, 2.05) is 34.6 Å². The summed E-state index contributed by atoms with van der Waals surface area (Å²) in [6, 6.07) is 0.486. The molecule has 0 aliphatic rings. The molecule has 4 heteroatoms. The molecule has 0 atom stereocenters. The molecule has 0 rings (SSSR count). The molecule has 0 radical (unpaired) electrons. The molecule has 0 spiro atoms. The van der Waals surface area contributed by atoms with E-state index in [-0.39, 0.29) is 11.6 Å². The molecule has 2 N–H and O–H groups in total. The van der Waals surface area contributed by atoms with Crippen molar-refractivity contribution >= 4 is 6.09 Å². The monoisotopic (exact) mass is 314 g/mol. The van der Waals surface area contributed by atoms with E-state index in [1.54, 1.807) is 0 Å². The lowest BCUT2D eigenvalue weighted by Crippen LogP contribution is -2.53. The van der Waals surface area contributed by atoms with Crippen LogP contribution in [0, 0.1) is 11.8 Å². The lowest BCUT2D eigenvalue weighted by Gasteiger charge is -2.31. The summed E-state index contributed by atoms with van der Waals surface area (Å²) in [4.78, 5) is 11.9. The van der Waals surface area contributed by atoms with Gasteiger partial charge in [-0.1, -0.05) is 27.7 Å². The number of hydrogen-bond acceptors (Lipinski definition) is 3. The molecule has 0 aromatic heterocycles. The maximum absolute atomic E-state index is 11.9. The highest BCUT2D eigenvalue weighted by atomic mass is 16.6. The van der Waals surface area contributed by atoms with Gasteiger partial charge in [-0.2, -0.15) is 0 Å². The second-order valence-corrected chi connectivity index (χ2v) is 8.85. The molecule has 22 heavy (non-hydrogen) atoms. The van der Waals surface area contributed by atoms with Crippen molar-refractivity contribution in [2.45, 2.75) is 92.3 Å². The average Bonchev–Trinajstić information content (AvgIpc) is 2.20. The van der Waals surface area contributed by atoms with Gasteiger partial charge in [0.25, 0.3) is 0 Å². The molecule has 0 aliphatic heterocycles. The summed E-state index contributed by atoms with van der Waals surface area (Å²) < 4.78 is 5.33. The SMILES string of the molecule is CC(C)CC(CC(C)C)NCC(C)(C)NC(=O)OC(C)(C)C. The molecule has 0 saturated heterocycles. The first-order valence-electron chi connectivity index (χ1n) is 8.55. The van der Waals surface area contributed by atoms with Crippen molar-refractivity contribution in [2.75, 3.05) is 6.54 Å². The number of rotatable bonds is 8. The Morgan fingerprint density at radius 3 is 1.77 bits per heavy atom. The fourth-order valence-electron chi connectivity index (χ4n) is 2.42. The Morgan fingerprint density at radius 1 is 0.955 bits per heavy atom. The molecule has 0 saturated carbocycles. The number of nitrogens with one attached hydrogen (secondary N) is 2. The van der Waals surface area contributed by atoms with Crippen LogP contribution in [0.3, 0.4) is 0 Å². The minimum atomic E-state index is -0.467. The second kappa shape index (κ2) is 8.76. The Morgan fingerprint density at radius 2 is 1.41 bits per heavy atom. The van der Waals surface area contributed by atoms with E-state index < -0.39 is 5.60 Å². The molecule has 4 nitrogen and oxygen atoms in total. The Kier molecular flexibility index (Phi) is 8.45. The first-order chi connectivity index (χ1) is 9.81. The quantitative estimate of drug-likeness (QED) is 0.700. The maximum Gasteiger partial charge on any atom is 0.408 e. The zero-order chi connectivity index (χ0) is 17.6. The Balaban J connectivity index is 4.45. The van der Waals surface area contributed by atoms with Gasteiger partial charge >= 0.3 is 6.09 Å². The summed E-state index contributed by atoms with van der Waals surface area (Å²) in [6.45, 7) is 19.4. The fourth-order valence-corrected chi connectivity index (χ4v) is 2.42. The van der Waals surface area contributed by atoms with Crippen molar-refractivity contribution in [3.63, 3.8) is 0 Å². The Labute approximate surface area is 137 Å². The molecule has 1 amide bonds. The number of carbonyl (C=O) groups excluding carboxylic acids is 1. The third-order valence-electron chi connectivity index (χ3n) is 3.18. The van der Waals surface area contributed by atoms with Gasteiger partial charge in [-0.05, 0) is 59.3 Å². The number of carbonyl (C=O) groups is 1. The summed E-state index contributed by atoms with van der Waals surface area (Å²) in [7, 11) is 0.